The number of anilines is 2. The van der Waals surface area contributed by atoms with Crippen LogP contribution in [-0.2, 0) is 0 Å². The van der Waals surface area contributed by atoms with Crippen molar-refractivity contribution in [1.29, 1.82) is 0 Å². The van der Waals surface area contributed by atoms with E-state index in [0.29, 0.717) is 17.3 Å². The zero-order valence-corrected chi connectivity index (χ0v) is 9.75. The molecule has 0 bridgehead atoms. The number of rotatable bonds is 3. The molecule has 0 fully saturated rings. The molecule has 2 rings (SSSR count). The normalized spacial score (nSPS) is 9.83. The highest BCUT2D eigenvalue weighted by Gasteiger charge is 2.13. The van der Waals surface area contributed by atoms with Gasteiger partial charge in [-0.15, -0.1) is 0 Å². The van der Waals surface area contributed by atoms with Crippen LogP contribution in [0.4, 0.5) is 11.4 Å². The summed E-state index contributed by atoms with van der Waals surface area (Å²) in [5.74, 6) is -0.0697. The van der Waals surface area contributed by atoms with Gasteiger partial charge in [0, 0.05) is 12.4 Å². The molecule has 0 saturated heterocycles. The number of ether oxygens (including phenoxy) is 1. The summed E-state index contributed by atoms with van der Waals surface area (Å²) in [6.45, 7) is 0. The zero-order chi connectivity index (χ0) is 13.0. The van der Waals surface area contributed by atoms with E-state index < -0.39 is 5.91 Å². The van der Waals surface area contributed by atoms with Gasteiger partial charge in [-0.25, -0.2) is 9.97 Å². The van der Waals surface area contributed by atoms with Crippen LogP contribution in [0.1, 0.15) is 10.5 Å². The van der Waals surface area contributed by atoms with Gasteiger partial charge in [0.1, 0.15) is 5.69 Å². The minimum atomic E-state index is -0.403. The van der Waals surface area contributed by atoms with Gasteiger partial charge in [-0.3, -0.25) is 4.79 Å². The van der Waals surface area contributed by atoms with E-state index >= 15 is 0 Å². The summed E-state index contributed by atoms with van der Waals surface area (Å²) in [6.07, 6.45) is 3.08. The van der Waals surface area contributed by atoms with Crippen molar-refractivity contribution in [3.8, 4) is 5.88 Å². The summed E-state index contributed by atoms with van der Waals surface area (Å²) >= 11 is 0. The molecule has 1 amide bonds. The van der Waals surface area contributed by atoms with Crippen LogP contribution in [0.5, 0.6) is 5.88 Å². The molecule has 0 atom stereocenters. The van der Waals surface area contributed by atoms with Gasteiger partial charge in [0.2, 0.25) is 5.88 Å². The second-order valence-corrected chi connectivity index (χ2v) is 3.46. The fourth-order valence-electron chi connectivity index (χ4n) is 1.44. The van der Waals surface area contributed by atoms with E-state index in [0.717, 1.165) is 0 Å². The number of carbonyl (C=O) groups excluding carboxylic acids is 1. The number of carbonyl (C=O) groups is 1. The highest BCUT2D eigenvalue weighted by atomic mass is 16.5. The van der Waals surface area contributed by atoms with Gasteiger partial charge in [0.25, 0.3) is 5.91 Å². The lowest BCUT2D eigenvalue weighted by molar-refractivity contribution is 0.102. The van der Waals surface area contributed by atoms with E-state index in [4.69, 9.17) is 10.5 Å². The van der Waals surface area contributed by atoms with Crippen LogP contribution in [0.3, 0.4) is 0 Å². The van der Waals surface area contributed by atoms with Crippen LogP contribution in [0.15, 0.2) is 36.7 Å². The quantitative estimate of drug-likeness (QED) is 0.849. The molecule has 0 aliphatic heterocycles. The lowest BCUT2D eigenvalue weighted by Gasteiger charge is -2.09. The lowest BCUT2D eigenvalue weighted by atomic mass is 10.3. The average Bonchev–Trinajstić information content (AvgIpc) is 2.39. The lowest BCUT2D eigenvalue weighted by Crippen LogP contribution is -2.16. The topological polar surface area (TPSA) is 90.1 Å². The summed E-state index contributed by atoms with van der Waals surface area (Å²) in [6, 6.07) is 6.65. The summed E-state index contributed by atoms with van der Waals surface area (Å²) in [7, 11) is 1.48. The first kappa shape index (κ1) is 11.8. The van der Waals surface area contributed by atoms with Gasteiger partial charge in [0.05, 0.1) is 12.8 Å². The highest BCUT2D eigenvalue weighted by molar-refractivity contribution is 6.06. The van der Waals surface area contributed by atoms with Crippen LogP contribution in [-0.4, -0.2) is 23.0 Å². The average molecular weight is 244 g/mol. The number of amides is 1. The summed E-state index contributed by atoms with van der Waals surface area (Å²) in [4.78, 5) is 19.9. The van der Waals surface area contributed by atoms with Crippen molar-refractivity contribution in [1.82, 2.24) is 9.97 Å². The first-order valence-electron chi connectivity index (χ1n) is 5.23. The predicted molar refractivity (Wildman–Crippen MR) is 67.4 cm³/mol. The third-order valence-electron chi connectivity index (χ3n) is 2.27. The van der Waals surface area contributed by atoms with E-state index in [9.17, 15) is 4.79 Å². The Kier molecular flexibility index (Phi) is 3.38. The van der Waals surface area contributed by atoms with Crippen molar-refractivity contribution in [2.45, 2.75) is 0 Å². The van der Waals surface area contributed by atoms with Crippen LogP contribution >= 0.6 is 0 Å². The number of aromatic nitrogens is 2. The Bertz CT molecular complexity index is 572. The van der Waals surface area contributed by atoms with Gasteiger partial charge in [0.15, 0.2) is 5.69 Å². The minimum Gasteiger partial charge on any atom is -0.480 e. The number of pyridine rings is 2. The van der Waals surface area contributed by atoms with Crippen LogP contribution in [0.25, 0.3) is 0 Å². The third-order valence-corrected chi connectivity index (χ3v) is 2.27. The molecule has 0 radical (unpaired) electrons. The Hall–Kier alpha value is -2.63. The fraction of sp³-hybridized carbons (Fsp3) is 0.0833. The molecule has 2 heterocycles. The van der Waals surface area contributed by atoms with Crippen LogP contribution < -0.4 is 15.8 Å². The molecule has 18 heavy (non-hydrogen) atoms. The van der Waals surface area contributed by atoms with Gasteiger partial charge in [-0.2, -0.15) is 0 Å². The molecule has 0 spiro atoms. The third kappa shape index (κ3) is 2.37. The number of nitrogens with zero attached hydrogens (tertiary/aromatic N) is 2. The number of nitrogens with one attached hydrogen (secondary N) is 1. The second kappa shape index (κ2) is 5.13. The zero-order valence-electron chi connectivity index (χ0n) is 9.75. The highest BCUT2D eigenvalue weighted by Crippen LogP contribution is 2.21. The summed E-state index contributed by atoms with van der Waals surface area (Å²) < 4.78 is 5.03. The Morgan fingerprint density at radius 2 is 2.00 bits per heavy atom. The molecule has 3 N–H and O–H groups in total. The number of nitrogen functional groups attached to an aromatic ring is 1. The molecule has 0 aliphatic carbocycles. The van der Waals surface area contributed by atoms with Crippen molar-refractivity contribution in [2.75, 3.05) is 18.2 Å². The van der Waals surface area contributed by atoms with Gasteiger partial charge >= 0.3 is 0 Å². The van der Waals surface area contributed by atoms with Gasteiger partial charge in [-0.05, 0) is 24.3 Å². The standard InChI is InChI=1S/C12H12N4O2/c1-18-12-9(5-3-7-15-12)16-11(17)10-8(13)4-2-6-14-10/h2-7H,13H2,1H3,(H,16,17). The molecule has 0 aliphatic rings. The van der Waals surface area contributed by atoms with Crippen molar-refractivity contribution < 1.29 is 9.53 Å². The minimum absolute atomic E-state index is 0.170. The number of nitrogens with two attached hydrogens (primary N) is 1. The number of hydrogen-bond acceptors (Lipinski definition) is 5. The maximum Gasteiger partial charge on any atom is 0.276 e. The predicted octanol–water partition coefficient (Wildman–Crippen LogP) is 1.32. The number of hydrogen-bond donors (Lipinski definition) is 2. The summed E-state index contributed by atoms with van der Waals surface area (Å²) in [5, 5.41) is 2.65. The maximum absolute atomic E-state index is 12.0. The van der Waals surface area contributed by atoms with Crippen molar-refractivity contribution in [3.63, 3.8) is 0 Å². The Labute approximate surface area is 104 Å². The molecule has 92 valence electrons. The molecule has 2 aromatic rings. The number of methoxy groups -OCH3 is 1. The largest absolute Gasteiger partial charge is 0.480 e. The fourth-order valence-corrected chi connectivity index (χ4v) is 1.44. The van der Waals surface area contributed by atoms with E-state index in [-0.39, 0.29) is 5.69 Å². The van der Waals surface area contributed by atoms with Gasteiger partial charge < -0.3 is 15.8 Å². The van der Waals surface area contributed by atoms with Crippen molar-refractivity contribution in [2.24, 2.45) is 0 Å². The maximum atomic E-state index is 12.0. The van der Waals surface area contributed by atoms with Gasteiger partial charge in [-0.1, -0.05) is 0 Å². The Balaban J connectivity index is 2.24. The van der Waals surface area contributed by atoms with E-state index in [1.54, 1.807) is 30.5 Å². The van der Waals surface area contributed by atoms with E-state index in [1.807, 2.05) is 0 Å². The summed E-state index contributed by atoms with van der Waals surface area (Å²) in [5.41, 5.74) is 6.63. The monoisotopic (exact) mass is 244 g/mol. The van der Waals surface area contributed by atoms with E-state index in [1.165, 1.54) is 13.3 Å². The SMILES string of the molecule is COc1ncccc1NC(=O)c1ncccc1N. The molecule has 2 aromatic heterocycles. The van der Waals surface area contributed by atoms with Crippen LogP contribution in [0, 0.1) is 0 Å². The molecular weight excluding hydrogens is 232 g/mol. The van der Waals surface area contributed by atoms with Crippen LogP contribution in [0.2, 0.25) is 0 Å². The molecule has 6 nitrogen and oxygen atoms in total. The first-order chi connectivity index (χ1) is 8.72. The Morgan fingerprint density at radius 1 is 1.28 bits per heavy atom. The smallest absolute Gasteiger partial charge is 0.276 e. The Morgan fingerprint density at radius 3 is 2.72 bits per heavy atom. The van der Waals surface area contributed by atoms with E-state index in [2.05, 4.69) is 15.3 Å². The first-order valence-corrected chi connectivity index (χ1v) is 5.23. The second-order valence-electron chi connectivity index (χ2n) is 3.46. The molecule has 0 unspecified atom stereocenters. The van der Waals surface area contributed by atoms with Crippen molar-refractivity contribution in [3.05, 3.63) is 42.4 Å². The molecule has 0 aromatic carbocycles. The molecule has 6 heteroatoms. The molecule has 0 saturated carbocycles. The van der Waals surface area contributed by atoms with Crippen molar-refractivity contribution >= 4 is 17.3 Å². The molecular formula is C12H12N4O2.